The summed E-state index contributed by atoms with van der Waals surface area (Å²) in [5, 5.41) is -0.619. The van der Waals surface area contributed by atoms with E-state index in [1.165, 1.54) is 11.3 Å². The van der Waals surface area contributed by atoms with E-state index in [-0.39, 0.29) is 5.82 Å². The van der Waals surface area contributed by atoms with Gasteiger partial charge in [0.25, 0.3) is 0 Å². The quantitative estimate of drug-likeness (QED) is 0.612. The molecule has 0 aliphatic heterocycles. The lowest BCUT2D eigenvalue weighted by Crippen LogP contribution is -1.98. The third kappa shape index (κ3) is 2.60. The predicted octanol–water partition coefficient (Wildman–Crippen LogP) is 5.83. The Bertz CT molecular complexity index is 551. The molecule has 0 fully saturated rings. The molecule has 0 nitrogen and oxygen atoms in total. The zero-order valence-corrected chi connectivity index (χ0v) is 11.9. The Morgan fingerprint density at radius 3 is 2.53 bits per heavy atom. The van der Waals surface area contributed by atoms with Crippen LogP contribution in [0.15, 0.2) is 24.3 Å². The zero-order chi connectivity index (χ0) is 12.6. The van der Waals surface area contributed by atoms with Gasteiger partial charge in [0.05, 0.1) is 14.0 Å². The van der Waals surface area contributed by atoms with Crippen molar-refractivity contribution in [1.29, 1.82) is 0 Å². The summed E-state index contributed by atoms with van der Waals surface area (Å²) in [7, 11) is 0. The lowest BCUT2D eigenvalue weighted by atomic mass is 10.0. The van der Waals surface area contributed by atoms with Gasteiger partial charge in [-0.3, -0.25) is 0 Å². The Kier molecular flexibility index (Phi) is 3.99. The van der Waals surface area contributed by atoms with E-state index in [2.05, 4.69) is 0 Å². The van der Waals surface area contributed by atoms with E-state index < -0.39 is 5.38 Å². The maximum Gasteiger partial charge on any atom is 0.131 e. The Morgan fingerprint density at radius 1 is 1.24 bits per heavy atom. The fourth-order valence-electron chi connectivity index (χ4n) is 1.56. The highest BCUT2D eigenvalue weighted by atomic mass is 35.5. The average molecular weight is 310 g/mol. The third-order valence-electron chi connectivity index (χ3n) is 2.45. The van der Waals surface area contributed by atoms with Crippen molar-refractivity contribution in [2.45, 2.75) is 12.3 Å². The standard InChI is InChI=1S/C12H8Cl3FS/c1-6-3-2-4-7(11(6)16)10(14)8-5-9(13)17-12(8)15/h2-5,10H,1H3. The SMILES string of the molecule is Cc1cccc(C(Cl)c2cc(Cl)sc2Cl)c1F. The molecule has 0 spiro atoms. The molecule has 0 N–H and O–H groups in total. The Hall–Kier alpha value is -0.280. The summed E-state index contributed by atoms with van der Waals surface area (Å²) < 4.78 is 15.0. The summed E-state index contributed by atoms with van der Waals surface area (Å²) >= 11 is 19.3. The van der Waals surface area contributed by atoms with Crippen LogP contribution in [0.3, 0.4) is 0 Å². The van der Waals surface area contributed by atoms with Gasteiger partial charge in [-0.2, -0.15) is 0 Å². The highest BCUT2D eigenvalue weighted by Gasteiger charge is 2.20. The van der Waals surface area contributed by atoms with Crippen molar-refractivity contribution >= 4 is 46.1 Å². The number of hydrogen-bond donors (Lipinski definition) is 0. The third-order valence-corrected chi connectivity index (χ3v) is 4.44. The van der Waals surface area contributed by atoms with E-state index in [9.17, 15) is 4.39 Å². The summed E-state index contributed by atoms with van der Waals surface area (Å²) in [5.41, 5.74) is 1.63. The van der Waals surface area contributed by atoms with Gasteiger partial charge in [-0.05, 0) is 18.6 Å². The van der Waals surface area contributed by atoms with Crippen LogP contribution < -0.4 is 0 Å². The van der Waals surface area contributed by atoms with Crippen molar-refractivity contribution in [2.75, 3.05) is 0 Å². The molecule has 1 atom stereocenters. The Labute approximate surface area is 118 Å². The molecule has 0 saturated carbocycles. The van der Waals surface area contributed by atoms with Crippen LogP contribution in [0.5, 0.6) is 0 Å². The van der Waals surface area contributed by atoms with Crippen molar-refractivity contribution in [3.05, 3.63) is 55.4 Å². The maximum absolute atomic E-state index is 13.9. The molecule has 90 valence electrons. The molecular formula is C12H8Cl3FS. The minimum atomic E-state index is -0.619. The molecule has 2 aromatic rings. The first-order valence-corrected chi connectivity index (χ1v) is 6.85. The molecule has 0 aliphatic carbocycles. The van der Waals surface area contributed by atoms with Crippen LogP contribution in [0.1, 0.15) is 22.1 Å². The number of hydrogen-bond acceptors (Lipinski definition) is 1. The van der Waals surface area contributed by atoms with Gasteiger partial charge in [0.1, 0.15) is 5.82 Å². The summed E-state index contributed by atoms with van der Waals surface area (Å²) in [4.78, 5) is 0. The van der Waals surface area contributed by atoms with E-state index in [0.717, 1.165) is 0 Å². The normalized spacial score (nSPS) is 12.8. The van der Waals surface area contributed by atoms with Gasteiger partial charge in [0.15, 0.2) is 0 Å². The maximum atomic E-state index is 13.9. The van der Waals surface area contributed by atoms with Crippen LogP contribution in [0.4, 0.5) is 4.39 Å². The molecule has 5 heteroatoms. The number of alkyl halides is 1. The van der Waals surface area contributed by atoms with E-state index >= 15 is 0 Å². The van der Waals surface area contributed by atoms with Gasteiger partial charge >= 0.3 is 0 Å². The predicted molar refractivity (Wildman–Crippen MR) is 73.2 cm³/mol. The second kappa shape index (κ2) is 5.15. The van der Waals surface area contributed by atoms with E-state index in [1.807, 2.05) is 0 Å². The summed E-state index contributed by atoms with van der Waals surface area (Å²) in [5.74, 6) is -0.300. The summed E-state index contributed by atoms with van der Waals surface area (Å²) in [6, 6.07) is 6.80. The topological polar surface area (TPSA) is 0 Å². The van der Waals surface area contributed by atoms with Crippen molar-refractivity contribution in [3.8, 4) is 0 Å². The van der Waals surface area contributed by atoms with Gasteiger partial charge in [0.2, 0.25) is 0 Å². The molecule has 0 bridgehead atoms. The highest BCUT2D eigenvalue weighted by Crippen LogP contribution is 2.41. The Morgan fingerprint density at radius 2 is 1.94 bits per heavy atom. The number of benzene rings is 1. The number of rotatable bonds is 2. The number of aryl methyl sites for hydroxylation is 1. The van der Waals surface area contributed by atoms with Gasteiger partial charge in [-0.25, -0.2) is 4.39 Å². The van der Waals surface area contributed by atoms with Crippen LogP contribution in [0.25, 0.3) is 0 Å². The lowest BCUT2D eigenvalue weighted by Gasteiger charge is -2.11. The van der Waals surface area contributed by atoms with Crippen LogP contribution in [-0.2, 0) is 0 Å². The largest absolute Gasteiger partial charge is 0.206 e. The molecule has 1 unspecified atom stereocenters. The Balaban J connectivity index is 2.47. The minimum Gasteiger partial charge on any atom is -0.206 e. The molecule has 0 radical (unpaired) electrons. The molecule has 0 amide bonds. The first-order chi connectivity index (χ1) is 8.00. The van der Waals surface area contributed by atoms with Crippen LogP contribution in [0, 0.1) is 12.7 Å². The second-order valence-electron chi connectivity index (χ2n) is 3.62. The monoisotopic (exact) mass is 308 g/mol. The van der Waals surface area contributed by atoms with Crippen molar-refractivity contribution < 1.29 is 4.39 Å². The van der Waals surface area contributed by atoms with Gasteiger partial charge in [-0.1, -0.05) is 41.4 Å². The molecule has 1 aromatic heterocycles. The lowest BCUT2D eigenvalue weighted by molar-refractivity contribution is 0.603. The molecule has 0 aliphatic rings. The first-order valence-electron chi connectivity index (χ1n) is 4.84. The highest BCUT2D eigenvalue weighted by molar-refractivity contribution is 7.20. The van der Waals surface area contributed by atoms with E-state index in [0.29, 0.717) is 25.4 Å². The van der Waals surface area contributed by atoms with Crippen molar-refractivity contribution in [2.24, 2.45) is 0 Å². The minimum absolute atomic E-state index is 0.300. The molecule has 1 aromatic carbocycles. The van der Waals surface area contributed by atoms with E-state index in [4.69, 9.17) is 34.8 Å². The fourth-order valence-corrected chi connectivity index (χ4v) is 3.55. The number of thiophene rings is 1. The van der Waals surface area contributed by atoms with Crippen molar-refractivity contribution in [1.82, 2.24) is 0 Å². The van der Waals surface area contributed by atoms with Gasteiger partial charge in [0, 0.05) is 11.1 Å². The van der Waals surface area contributed by atoms with Crippen LogP contribution >= 0.6 is 46.1 Å². The van der Waals surface area contributed by atoms with Crippen LogP contribution in [-0.4, -0.2) is 0 Å². The molecular weight excluding hydrogens is 302 g/mol. The smallest absolute Gasteiger partial charge is 0.131 e. The molecule has 1 heterocycles. The number of halogens is 4. The second-order valence-corrected chi connectivity index (χ2v) is 6.34. The summed E-state index contributed by atoms with van der Waals surface area (Å²) in [6.45, 7) is 1.70. The van der Waals surface area contributed by atoms with E-state index in [1.54, 1.807) is 31.2 Å². The van der Waals surface area contributed by atoms with Gasteiger partial charge < -0.3 is 0 Å². The van der Waals surface area contributed by atoms with Gasteiger partial charge in [-0.15, -0.1) is 22.9 Å². The average Bonchev–Trinajstić information content (AvgIpc) is 2.61. The molecule has 2 rings (SSSR count). The first kappa shape index (κ1) is 13.2. The fraction of sp³-hybridized carbons (Fsp3) is 0.167. The molecule has 17 heavy (non-hydrogen) atoms. The molecule has 0 saturated heterocycles. The van der Waals surface area contributed by atoms with Crippen LogP contribution in [0.2, 0.25) is 8.67 Å². The summed E-state index contributed by atoms with van der Waals surface area (Å²) in [6.07, 6.45) is 0. The zero-order valence-electron chi connectivity index (χ0n) is 8.81. The van der Waals surface area contributed by atoms with Crippen molar-refractivity contribution in [3.63, 3.8) is 0 Å².